The predicted octanol–water partition coefficient (Wildman–Crippen LogP) is 3.36. The van der Waals surface area contributed by atoms with Gasteiger partial charge in [0.1, 0.15) is 5.82 Å². The van der Waals surface area contributed by atoms with Crippen LogP contribution in [0.1, 0.15) is 16.6 Å². The minimum absolute atomic E-state index is 0.340. The van der Waals surface area contributed by atoms with E-state index in [0.29, 0.717) is 11.1 Å². The SMILES string of the molecule is COc1ccc2[nH]c(C3Cc4ccccc4S3)nc2n1. The molecule has 2 aromatic heterocycles. The molecule has 100 valence electrons. The van der Waals surface area contributed by atoms with E-state index < -0.39 is 0 Å². The topological polar surface area (TPSA) is 50.8 Å². The summed E-state index contributed by atoms with van der Waals surface area (Å²) >= 11 is 1.86. The van der Waals surface area contributed by atoms with Crippen LogP contribution in [0, 0.1) is 0 Å². The normalized spacial score (nSPS) is 17.4. The maximum absolute atomic E-state index is 5.14. The number of imidazole rings is 1. The lowest BCUT2D eigenvalue weighted by molar-refractivity contribution is 0.399. The van der Waals surface area contributed by atoms with Gasteiger partial charge in [-0.2, -0.15) is 4.98 Å². The standard InChI is InChI=1S/C15H13N3OS/c1-19-13-7-6-10-14(17-13)18-15(16-10)12-8-9-4-2-3-5-11(9)20-12/h2-7,12H,8H2,1H3,(H,16,17,18). The van der Waals surface area contributed by atoms with Crippen molar-refractivity contribution in [2.75, 3.05) is 7.11 Å². The van der Waals surface area contributed by atoms with Crippen molar-refractivity contribution >= 4 is 22.9 Å². The lowest BCUT2D eigenvalue weighted by atomic mass is 10.1. The quantitative estimate of drug-likeness (QED) is 0.783. The number of nitrogens with zero attached hydrogens (tertiary/aromatic N) is 2. The van der Waals surface area contributed by atoms with Crippen LogP contribution < -0.4 is 4.74 Å². The van der Waals surface area contributed by atoms with Gasteiger partial charge in [0.2, 0.25) is 5.88 Å². The molecule has 4 nitrogen and oxygen atoms in total. The lowest BCUT2D eigenvalue weighted by Gasteiger charge is -2.02. The van der Waals surface area contributed by atoms with Crippen LogP contribution in [-0.2, 0) is 6.42 Å². The third-order valence-corrected chi connectivity index (χ3v) is 4.83. The van der Waals surface area contributed by atoms with E-state index in [2.05, 4.69) is 39.2 Å². The van der Waals surface area contributed by atoms with Crippen molar-refractivity contribution in [1.29, 1.82) is 0 Å². The van der Waals surface area contributed by atoms with Gasteiger partial charge in [0.25, 0.3) is 0 Å². The summed E-state index contributed by atoms with van der Waals surface area (Å²) in [4.78, 5) is 13.7. The zero-order chi connectivity index (χ0) is 13.5. The van der Waals surface area contributed by atoms with Crippen molar-refractivity contribution in [2.24, 2.45) is 0 Å². The molecule has 0 saturated carbocycles. The number of hydrogen-bond acceptors (Lipinski definition) is 4. The van der Waals surface area contributed by atoms with Crippen LogP contribution in [0.25, 0.3) is 11.2 Å². The van der Waals surface area contributed by atoms with Crippen LogP contribution in [0.4, 0.5) is 0 Å². The lowest BCUT2D eigenvalue weighted by Crippen LogP contribution is -1.94. The number of pyridine rings is 1. The molecule has 1 N–H and O–H groups in total. The zero-order valence-electron chi connectivity index (χ0n) is 11.0. The molecule has 1 atom stereocenters. The molecule has 1 aromatic carbocycles. The average Bonchev–Trinajstić information content (AvgIpc) is 3.09. The Morgan fingerprint density at radius 3 is 2.95 bits per heavy atom. The van der Waals surface area contributed by atoms with Crippen molar-refractivity contribution in [1.82, 2.24) is 15.0 Å². The molecule has 0 fully saturated rings. The molecule has 0 bridgehead atoms. The maximum atomic E-state index is 5.14. The fourth-order valence-corrected chi connectivity index (χ4v) is 3.75. The fraction of sp³-hybridized carbons (Fsp3) is 0.200. The first-order valence-electron chi connectivity index (χ1n) is 6.49. The summed E-state index contributed by atoms with van der Waals surface area (Å²) in [5.74, 6) is 1.58. The van der Waals surface area contributed by atoms with Crippen molar-refractivity contribution < 1.29 is 4.74 Å². The summed E-state index contributed by atoms with van der Waals surface area (Å²) in [5.41, 5.74) is 3.07. The van der Waals surface area contributed by atoms with Gasteiger partial charge in [-0.05, 0) is 24.1 Å². The van der Waals surface area contributed by atoms with Crippen LogP contribution in [0.3, 0.4) is 0 Å². The van der Waals surface area contributed by atoms with Crippen molar-refractivity contribution in [3.05, 3.63) is 47.8 Å². The highest BCUT2D eigenvalue weighted by Crippen LogP contribution is 2.45. The number of methoxy groups -OCH3 is 1. The Morgan fingerprint density at radius 2 is 2.10 bits per heavy atom. The van der Waals surface area contributed by atoms with Crippen LogP contribution in [0.15, 0.2) is 41.3 Å². The molecule has 0 saturated heterocycles. The molecule has 0 aliphatic carbocycles. The monoisotopic (exact) mass is 283 g/mol. The molecule has 4 rings (SSSR count). The molecular weight excluding hydrogens is 270 g/mol. The molecule has 3 heterocycles. The van der Waals surface area contributed by atoms with Gasteiger partial charge < -0.3 is 9.72 Å². The van der Waals surface area contributed by atoms with Crippen LogP contribution in [0.5, 0.6) is 5.88 Å². The molecule has 1 aliphatic rings. The molecule has 1 unspecified atom stereocenters. The number of fused-ring (bicyclic) bond motifs is 2. The number of nitrogens with one attached hydrogen (secondary N) is 1. The Hall–Kier alpha value is -2.01. The second kappa shape index (κ2) is 4.52. The second-order valence-corrected chi connectivity index (χ2v) is 6.01. The Kier molecular flexibility index (Phi) is 2.67. The molecule has 5 heteroatoms. The molecule has 0 amide bonds. The minimum Gasteiger partial charge on any atom is -0.481 e. The minimum atomic E-state index is 0.340. The first kappa shape index (κ1) is 11.8. The summed E-state index contributed by atoms with van der Waals surface area (Å²) in [6, 6.07) is 12.3. The molecular formula is C15H13N3OS. The van der Waals surface area contributed by atoms with Gasteiger partial charge in [0.15, 0.2) is 5.65 Å². The van der Waals surface area contributed by atoms with E-state index in [4.69, 9.17) is 4.74 Å². The highest BCUT2D eigenvalue weighted by atomic mass is 32.2. The number of ether oxygens (including phenoxy) is 1. The smallest absolute Gasteiger partial charge is 0.215 e. The number of aromatic nitrogens is 3. The van der Waals surface area contributed by atoms with E-state index in [1.165, 1.54) is 10.5 Å². The first-order chi connectivity index (χ1) is 9.83. The van der Waals surface area contributed by atoms with E-state index in [1.54, 1.807) is 7.11 Å². The molecule has 0 radical (unpaired) electrons. The summed E-state index contributed by atoms with van der Waals surface area (Å²) < 4.78 is 5.14. The summed E-state index contributed by atoms with van der Waals surface area (Å²) in [7, 11) is 1.62. The van der Waals surface area contributed by atoms with Gasteiger partial charge in [-0.3, -0.25) is 0 Å². The summed E-state index contributed by atoms with van der Waals surface area (Å²) in [6.45, 7) is 0. The molecule has 0 spiro atoms. The Labute approximate surface area is 120 Å². The van der Waals surface area contributed by atoms with E-state index in [0.717, 1.165) is 23.4 Å². The number of thioether (sulfide) groups is 1. The van der Waals surface area contributed by atoms with E-state index in [9.17, 15) is 0 Å². The molecule has 3 aromatic rings. The maximum Gasteiger partial charge on any atom is 0.215 e. The van der Waals surface area contributed by atoms with E-state index >= 15 is 0 Å². The zero-order valence-corrected chi connectivity index (χ0v) is 11.8. The van der Waals surface area contributed by atoms with Crippen LogP contribution >= 0.6 is 11.8 Å². The van der Waals surface area contributed by atoms with Gasteiger partial charge in [-0.1, -0.05) is 18.2 Å². The number of benzene rings is 1. The predicted molar refractivity (Wildman–Crippen MR) is 79.2 cm³/mol. The van der Waals surface area contributed by atoms with Crippen LogP contribution in [-0.4, -0.2) is 22.1 Å². The van der Waals surface area contributed by atoms with Gasteiger partial charge >= 0.3 is 0 Å². The summed E-state index contributed by atoms with van der Waals surface area (Å²) in [6.07, 6.45) is 1.01. The largest absolute Gasteiger partial charge is 0.481 e. The Morgan fingerprint density at radius 1 is 1.20 bits per heavy atom. The molecule has 20 heavy (non-hydrogen) atoms. The van der Waals surface area contributed by atoms with Gasteiger partial charge in [-0.25, -0.2) is 4.98 Å². The second-order valence-electron chi connectivity index (χ2n) is 4.77. The van der Waals surface area contributed by atoms with Gasteiger partial charge in [0.05, 0.1) is 17.9 Å². The summed E-state index contributed by atoms with van der Waals surface area (Å²) in [5, 5.41) is 0.340. The van der Waals surface area contributed by atoms with Crippen molar-refractivity contribution in [2.45, 2.75) is 16.6 Å². The number of H-pyrrole nitrogens is 1. The van der Waals surface area contributed by atoms with Gasteiger partial charge in [0, 0.05) is 11.0 Å². The first-order valence-corrected chi connectivity index (χ1v) is 7.36. The van der Waals surface area contributed by atoms with Crippen molar-refractivity contribution in [3.8, 4) is 5.88 Å². The average molecular weight is 283 g/mol. The highest BCUT2D eigenvalue weighted by Gasteiger charge is 2.26. The third-order valence-electron chi connectivity index (χ3n) is 3.50. The van der Waals surface area contributed by atoms with E-state index in [-0.39, 0.29) is 0 Å². The fourth-order valence-electron chi connectivity index (χ4n) is 2.49. The van der Waals surface area contributed by atoms with Crippen molar-refractivity contribution in [3.63, 3.8) is 0 Å². The highest BCUT2D eigenvalue weighted by molar-refractivity contribution is 7.99. The number of hydrogen-bond donors (Lipinski definition) is 1. The number of rotatable bonds is 2. The number of aromatic amines is 1. The van der Waals surface area contributed by atoms with Gasteiger partial charge in [-0.15, -0.1) is 11.8 Å². The Balaban J connectivity index is 1.70. The molecule has 1 aliphatic heterocycles. The third kappa shape index (κ3) is 1.86. The Bertz CT molecular complexity index is 759. The van der Waals surface area contributed by atoms with Crippen LogP contribution in [0.2, 0.25) is 0 Å². The van der Waals surface area contributed by atoms with E-state index in [1.807, 2.05) is 23.9 Å².